The fourth-order valence-corrected chi connectivity index (χ4v) is 4.39. The monoisotopic (exact) mass is 222 g/mol. The van der Waals surface area contributed by atoms with Crippen LogP contribution in [-0.4, -0.2) is 20.3 Å². The zero-order valence-corrected chi connectivity index (χ0v) is 11.2. The molecule has 0 rings (SSSR count). The molecule has 0 amide bonds. The smallest absolute Gasteiger partial charge is 0.189 e. The molecule has 0 aliphatic heterocycles. The van der Waals surface area contributed by atoms with Crippen LogP contribution in [0.1, 0.15) is 33.6 Å². The summed E-state index contributed by atoms with van der Waals surface area (Å²) < 4.78 is 6.12. The summed E-state index contributed by atoms with van der Waals surface area (Å²) in [5.74, 6) is 0.770. The van der Waals surface area contributed by atoms with Gasteiger partial charge in [-0.25, -0.2) is 0 Å². The molecular weight excluding hydrogens is 200 g/mol. The quantitative estimate of drug-likeness (QED) is 0.467. The second-order valence-corrected chi connectivity index (χ2v) is 8.65. The molecule has 0 saturated heterocycles. The van der Waals surface area contributed by atoms with Crippen molar-refractivity contribution in [2.75, 3.05) is 5.88 Å². The van der Waals surface area contributed by atoms with Crippen LogP contribution >= 0.6 is 11.6 Å². The largest absolute Gasteiger partial charge is 0.415 e. The minimum atomic E-state index is -1.41. The summed E-state index contributed by atoms with van der Waals surface area (Å²) >= 11 is 5.70. The minimum Gasteiger partial charge on any atom is -0.415 e. The molecule has 13 heavy (non-hydrogen) atoms. The molecule has 80 valence electrons. The van der Waals surface area contributed by atoms with Crippen molar-refractivity contribution in [1.82, 2.24) is 0 Å². The number of rotatable bonds is 7. The fourth-order valence-electron chi connectivity index (χ4n) is 1.33. The Kier molecular flexibility index (Phi) is 7.10. The molecule has 0 N–H and O–H groups in total. The third-order valence-corrected chi connectivity index (χ3v) is 6.79. The zero-order valence-electron chi connectivity index (χ0n) is 9.40. The van der Waals surface area contributed by atoms with Gasteiger partial charge in [0.15, 0.2) is 8.32 Å². The molecule has 0 spiro atoms. The average Bonchev–Trinajstić information content (AvgIpc) is 2.14. The van der Waals surface area contributed by atoms with Crippen molar-refractivity contribution in [3.8, 4) is 0 Å². The first-order valence-corrected chi connectivity index (χ1v) is 8.67. The lowest BCUT2D eigenvalue weighted by Crippen LogP contribution is -2.36. The van der Waals surface area contributed by atoms with Crippen LogP contribution in [0.3, 0.4) is 0 Å². The molecule has 2 unspecified atom stereocenters. The predicted molar refractivity (Wildman–Crippen MR) is 63.1 cm³/mol. The highest BCUT2D eigenvalue weighted by molar-refractivity contribution is 6.72. The molecule has 0 aromatic rings. The molecule has 0 aromatic carbocycles. The normalized spacial score (nSPS) is 18.2. The highest BCUT2D eigenvalue weighted by Crippen LogP contribution is 2.21. The Bertz CT molecular complexity index is 132. The maximum atomic E-state index is 6.12. The third-order valence-electron chi connectivity index (χ3n) is 2.65. The molecule has 0 radical (unpaired) electrons. The van der Waals surface area contributed by atoms with Crippen molar-refractivity contribution < 1.29 is 4.43 Å². The van der Waals surface area contributed by atoms with Crippen molar-refractivity contribution in [2.24, 2.45) is 0 Å². The van der Waals surface area contributed by atoms with Gasteiger partial charge in [0.05, 0.1) is 0 Å². The van der Waals surface area contributed by atoms with Crippen LogP contribution in [-0.2, 0) is 4.43 Å². The lowest BCUT2D eigenvalue weighted by molar-refractivity contribution is 0.203. The average molecular weight is 223 g/mol. The Hall–Kier alpha value is 0.467. The summed E-state index contributed by atoms with van der Waals surface area (Å²) in [5, 5.41) is 0. The first-order chi connectivity index (χ1) is 6.08. The molecule has 0 aromatic heterocycles. The second-order valence-electron chi connectivity index (χ2n) is 3.93. The molecule has 0 saturated carbocycles. The third kappa shape index (κ3) is 5.71. The summed E-state index contributed by atoms with van der Waals surface area (Å²) in [6, 6.07) is 2.41. The highest BCUT2D eigenvalue weighted by atomic mass is 35.5. The van der Waals surface area contributed by atoms with E-state index in [-0.39, 0.29) is 0 Å². The molecule has 2 atom stereocenters. The van der Waals surface area contributed by atoms with Gasteiger partial charge in [0.1, 0.15) is 0 Å². The van der Waals surface area contributed by atoms with Gasteiger partial charge in [-0.15, -0.1) is 11.6 Å². The van der Waals surface area contributed by atoms with Crippen LogP contribution in [0.5, 0.6) is 0 Å². The van der Waals surface area contributed by atoms with E-state index in [4.69, 9.17) is 16.0 Å². The number of hydrogen-bond donors (Lipinski definition) is 0. The number of halogens is 1. The van der Waals surface area contributed by atoms with E-state index in [0.717, 1.165) is 18.7 Å². The van der Waals surface area contributed by atoms with Crippen LogP contribution in [0.15, 0.2) is 0 Å². The van der Waals surface area contributed by atoms with E-state index >= 15 is 0 Å². The van der Waals surface area contributed by atoms with Gasteiger partial charge >= 0.3 is 0 Å². The van der Waals surface area contributed by atoms with E-state index in [1.165, 1.54) is 12.1 Å². The topological polar surface area (TPSA) is 9.23 Å². The van der Waals surface area contributed by atoms with E-state index in [2.05, 4.69) is 27.3 Å². The van der Waals surface area contributed by atoms with Gasteiger partial charge in [-0.1, -0.05) is 13.8 Å². The number of hydrogen-bond acceptors (Lipinski definition) is 1. The van der Waals surface area contributed by atoms with Crippen molar-refractivity contribution >= 4 is 19.9 Å². The van der Waals surface area contributed by atoms with E-state index in [9.17, 15) is 0 Å². The Morgan fingerprint density at radius 2 is 2.00 bits per heavy atom. The van der Waals surface area contributed by atoms with Crippen molar-refractivity contribution in [3.05, 3.63) is 0 Å². The summed E-state index contributed by atoms with van der Waals surface area (Å²) in [7, 11) is -1.41. The highest BCUT2D eigenvalue weighted by Gasteiger charge is 2.27. The summed E-state index contributed by atoms with van der Waals surface area (Å²) in [5.41, 5.74) is 0. The van der Waals surface area contributed by atoms with Crippen LogP contribution in [0.4, 0.5) is 0 Å². The predicted octanol–water partition coefficient (Wildman–Crippen LogP) is 4.03. The SMILES string of the molecule is CCC(C)O[Si](C)(CC)CCCCl. The van der Waals surface area contributed by atoms with E-state index < -0.39 is 8.32 Å². The standard InChI is InChI=1S/C10H23ClOSi/c1-5-10(3)12-13(4,6-2)9-7-8-11/h10H,5-9H2,1-4H3. The first-order valence-electron chi connectivity index (χ1n) is 5.31. The van der Waals surface area contributed by atoms with E-state index in [1.54, 1.807) is 0 Å². The van der Waals surface area contributed by atoms with Gasteiger partial charge in [-0.3, -0.25) is 0 Å². The minimum absolute atomic E-state index is 0.423. The molecule has 3 heteroatoms. The second kappa shape index (κ2) is 6.85. The fraction of sp³-hybridized carbons (Fsp3) is 1.00. The summed E-state index contributed by atoms with van der Waals surface area (Å²) in [6.07, 6.45) is 2.64. The van der Waals surface area contributed by atoms with Gasteiger partial charge < -0.3 is 4.43 Å². The van der Waals surface area contributed by atoms with Crippen LogP contribution in [0.25, 0.3) is 0 Å². The van der Waals surface area contributed by atoms with Crippen molar-refractivity contribution in [3.63, 3.8) is 0 Å². The first kappa shape index (κ1) is 13.5. The molecule has 1 nitrogen and oxygen atoms in total. The van der Waals surface area contributed by atoms with Gasteiger partial charge in [0.2, 0.25) is 0 Å². The zero-order chi connectivity index (χ0) is 10.3. The lowest BCUT2D eigenvalue weighted by atomic mass is 10.3. The molecule has 0 fully saturated rings. The summed E-state index contributed by atoms with van der Waals surface area (Å²) in [4.78, 5) is 0. The molecule has 0 aliphatic rings. The van der Waals surface area contributed by atoms with Crippen LogP contribution in [0, 0.1) is 0 Å². The van der Waals surface area contributed by atoms with E-state index in [1.807, 2.05) is 0 Å². The maximum Gasteiger partial charge on any atom is 0.189 e. The summed E-state index contributed by atoms with van der Waals surface area (Å²) in [6.45, 7) is 8.91. The Balaban J connectivity index is 3.94. The van der Waals surface area contributed by atoms with Crippen molar-refractivity contribution in [2.45, 2.75) is 58.4 Å². The molecule has 0 bridgehead atoms. The molecular formula is C10H23ClOSi. The van der Waals surface area contributed by atoms with Gasteiger partial charge in [-0.2, -0.15) is 0 Å². The number of alkyl halides is 1. The van der Waals surface area contributed by atoms with Gasteiger partial charge in [0, 0.05) is 12.0 Å². The van der Waals surface area contributed by atoms with Crippen LogP contribution < -0.4 is 0 Å². The lowest BCUT2D eigenvalue weighted by Gasteiger charge is -2.29. The van der Waals surface area contributed by atoms with Crippen molar-refractivity contribution in [1.29, 1.82) is 0 Å². The molecule has 0 heterocycles. The van der Waals surface area contributed by atoms with Gasteiger partial charge in [-0.05, 0) is 38.4 Å². The Morgan fingerprint density at radius 1 is 1.38 bits per heavy atom. The van der Waals surface area contributed by atoms with Gasteiger partial charge in [0.25, 0.3) is 0 Å². The molecule has 0 aliphatic carbocycles. The van der Waals surface area contributed by atoms with E-state index in [0.29, 0.717) is 6.10 Å². The Morgan fingerprint density at radius 3 is 2.38 bits per heavy atom. The Labute approximate surface area is 88.9 Å². The van der Waals surface area contributed by atoms with Crippen LogP contribution in [0.2, 0.25) is 18.6 Å². The maximum absolute atomic E-state index is 6.12.